The highest BCUT2D eigenvalue weighted by Crippen LogP contribution is 2.32. The Kier molecular flexibility index (Phi) is 2.71. The second-order valence-corrected chi connectivity index (χ2v) is 5.34. The van der Waals surface area contributed by atoms with Gasteiger partial charge in [-0.25, -0.2) is 9.59 Å². The summed E-state index contributed by atoms with van der Waals surface area (Å²) in [6, 6.07) is 4.62. The van der Waals surface area contributed by atoms with Crippen molar-refractivity contribution in [3.05, 3.63) is 53.3 Å². The molecule has 4 rings (SSSR count). The molecule has 2 aliphatic heterocycles. The van der Waals surface area contributed by atoms with Crippen molar-refractivity contribution >= 4 is 29.6 Å². The lowest BCUT2D eigenvalue weighted by Gasteiger charge is -2.15. The maximum atomic E-state index is 11.6. The number of carbonyl (C=O) groups excluding carboxylic acids is 4. The van der Waals surface area contributed by atoms with Crippen LogP contribution in [0.1, 0.15) is 20.7 Å². The normalized spacial score (nSPS) is 24.8. The van der Waals surface area contributed by atoms with E-state index in [-0.39, 0.29) is 11.1 Å². The fourth-order valence-corrected chi connectivity index (χ4v) is 2.77. The molecule has 7 heteroatoms. The Morgan fingerprint density at radius 3 is 2.43 bits per heavy atom. The van der Waals surface area contributed by atoms with Crippen LogP contribution < -0.4 is 5.32 Å². The first-order valence-corrected chi connectivity index (χ1v) is 6.86. The highest BCUT2D eigenvalue weighted by Gasteiger charge is 2.43. The number of esters is 4. The zero-order valence-corrected chi connectivity index (χ0v) is 11.6. The van der Waals surface area contributed by atoms with Crippen LogP contribution in [-0.2, 0) is 19.1 Å². The van der Waals surface area contributed by atoms with E-state index in [9.17, 15) is 19.2 Å². The molecule has 1 aliphatic carbocycles. The molecule has 7 nitrogen and oxygen atoms in total. The molecule has 1 aromatic carbocycles. The van der Waals surface area contributed by atoms with Gasteiger partial charge in [-0.1, -0.05) is 6.08 Å². The summed E-state index contributed by atoms with van der Waals surface area (Å²) < 4.78 is 9.12. The molecule has 0 bridgehead atoms. The SMILES string of the molecule is O=C1OC(=O)c2cc(NC3=CC4C(=O)OC(=O)C4C=C3)ccc21. The van der Waals surface area contributed by atoms with Crippen LogP contribution in [0.25, 0.3) is 0 Å². The zero-order valence-electron chi connectivity index (χ0n) is 11.6. The number of rotatable bonds is 2. The monoisotopic (exact) mass is 311 g/mol. The van der Waals surface area contributed by atoms with E-state index in [2.05, 4.69) is 14.8 Å². The Morgan fingerprint density at radius 1 is 0.870 bits per heavy atom. The lowest BCUT2D eigenvalue weighted by Crippen LogP contribution is -2.18. The van der Waals surface area contributed by atoms with Crippen molar-refractivity contribution in [3.8, 4) is 0 Å². The first-order chi connectivity index (χ1) is 11.0. The maximum Gasteiger partial charge on any atom is 0.346 e. The van der Waals surface area contributed by atoms with Crippen molar-refractivity contribution in [3.63, 3.8) is 0 Å². The van der Waals surface area contributed by atoms with Gasteiger partial charge >= 0.3 is 23.9 Å². The van der Waals surface area contributed by atoms with Crippen LogP contribution in [-0.4, -0.2) is 23.9 Å². The van der Waals surface area contributed by atoms with E-state index in [0.29, 0.717) is 11.4 Å². The molecular weight excluding hydrogens is 302 g/mol. The van der Waals surface area contributed by atoms with Crippen LogP contribution in [0.3, 0.4) is 0 Å². The van der Waals surface area contributed by atoms with Crippen LogP contribution in [0, 0.1) is 11.8 Å². The van der Waals surface area contributed by atoms with Crippen LogP contribution in [0.5, 0.6) is 0 Å². The van der Waals surface area contributed by atoms with E-state index < -0.39 is 35.7 Å². The van der Waals surface area contributed by atoms with Crippen molar-refractivity contribution in [2.75, 3.05) is 5.32 Å². The lowest BCUT2D eigenvalue weighted by molar-refractivity contribution is -0.153. The Labute approximate surface area is 129 Å². The molecule has 3 aliphatic rings. The molecule has 1 saturated heterocycles. The van der Waals surface area contributed by atoms with Crippen molar-refractivity contribution < 1.29 is 28.7 Å². The number of fused-ring (bicyclic) bond motifs is 2. The highest BCUT2D eigenvalue weighted by atomic mass is 16.6. The van der Waals surface area contributed by atoms with E-state index in [0.717, 1.165) is 0 Å². The average molecular weight is 311 g/mol. The Bertz CT molecular complexity index is 850. The fourth-order valence-electron chi connectivity index (χ4n) is 2.77. The third-order valence-corrected chi connectivity index (χ3v) is 3.91. The smallest absolute Gasteiger partial charge is 0.346 e. The van der Waals surface area contributed by atoms with E-state index in [1.165, 1.54) is 12.1 Å². The van der Waals surface area contributed by atoms with Crippen LogP contribution in [0.2, 0.25) is 0 Å². The number of carbonyl (C=O) groups is 4. The minimum absolute atomic E-state index is 0.189. The molecule has 2 atom stereocenters. The highest BCUT2D eigenvalue weighted by molar-refractivity contribution is 6.15. The average Bonchev–Trinajstić information content (AvgIpc) is 2.96. The summed E-state index contributed by atoms with van der Waals surface area (Å²) in [6.07, 6.45) is 4.87. The van der Waals surface area contributed by atoms with Crippen LogP contribution in [0.4, 0.5) is 5.69 Å². The molecule has 2 heterocycles. The number of allylic oxidation sites excluding steroid dienone is 1. The molecule has 114 valence electrons. The zero-order chi connectivity index (χ0) is 16.1. The number of hydrogen-bond acceptors (Lipinski definition) is 7. The minimum atomic E-state index is -0.688. The number of nitrogens with one attached hydrogen (secondary N) is 1. The van der Waals surface area contributed by atoms with Gasteiger partial charge in [0.1, 0.15) is 0 Å². The van der Waals surface area contributed by atoms with E-state index >= 15 is 0 Å². The van der Waals surface area contributed by atoms with Gasteiger partial charge in [0.15, 0.2) is 0 Å². The fraction of sp³-hybridized carbons (Fsp3) is 0.125. The van der Waals surface area contributed by atoms with Crippen molar-refractivity contribution in [2.45, 2.75) is 0 Å². The predicted octanol–water partition coefficient (Wildman–Crippen LogP) is 1.18. The molecule has 1 N–H and O–H groups in total. The lowest BCUT2D eigenvalue weighted by atomic mass is 9.89. The van der Waals surface area contributed by atoms with Crippen molar-refractivity contribution in [1.82, 2.24) is 0 Å². The van der Waals surface area contributed by atoms with Gasteiger partial charge in [0.2, 0.25) is 0 Å². The molecule has 1 aromatic rings. The number of ether oxygens (including phenoxy) is 2. The standard InChI is InChI=1S/C16H9NO6/c18-13-9-3-1-7(5-11(9)15(20)22-13)17-8-2-4-10-12(6-8)16(21)23-14(10)19/h1-6,9,11,17H. The van der Waals surface area contributed by atoms with E-state index in [4.69, 9.17) is 0 Å². The molecule has 0 amide bonds. The molecule has 2 unspecified atom stereocenters. The summed E-state index contributed by atoms with van der Waals surface area (Å²) in [7, 11) is 0. The first-order valence-electron chi connectivity index (χ1n) is 6.86. The van der Waals surface area contributed by atoms with Gasteiger partial charge in [0, 0.05) is 11.4 Å². The van der Waals surface area contributed by atoms with Gasteiger partial charge in [0.05, 0.1) is 23.0 Å². The maximum absolute atomic E-state index is 11.6. The molecular formula is C16H9NO6. The summed E-state index contributed by atoms with van der Waals surface area (Å²) in [5.74, 6) is -3.70. The van der Waals surface area contributed by atoms with Gasteiger partial charge in [0.25, 0.3) is 0 Å². The second-order valence-electron chi connectivity index (χ2n) is 5.34. The van der Waals surface area contributed by atoms with E-state index in [1.54, 1.807) is 24.3 Å². The summed E-state index contributed by atoms with van der Waals surface area (Å²) in [5, 5.41) is 3.03. The van der Waals surface area contributed by atoms with Crippen molar-refractivity contribution in [2.24, 2.45) is 11.8 Å². The largest absolute Gasteiger partial charge is 0.392 e. The number of cyclic esters (lactones) is 4. The van der Waals surface area contributed by atoms with Crippen molar-refractivity contribution in [1.29, 1.82) is 0 Å². The summed E-state index contributed by atoms with van der Waals surface area (Å²) >= 11 is 0. The minimum Gasteiger partial charge on any atom is -0.392 e. The molecule has 0 radical (unpaired) electrons. The first kappa shape index (κ1) is 13.4. The molecule has 0 spiro atoms. The van der Waals surface area contributed by atoms with Gasteiger partial charge in [-0.05, 0) is 30.4 Å². The van der Waals surface area contributed by atoms with Gasteiger partial charge < -0.3 is 14.8 Å². The summed E-state index contributed by atoms with van der Waals surface area (Å²) in [4.78, 5) is 46.0. The van der Waals surface area contributed by atoms with Crippen LogP contribution >= 0.6 is 0 Å². The molecule has 1 fully saturated rings. The molecule has 0 saturated carbocycles. The molecule has 23 heavy (non-hydrogen) atoms. The van der Waals surface area contributed by atoms with Gasteiger partial charge in [-0.3, -0.25) is 9.59 Å². The predicted molar refractivity (Wildman–Crippen MR) is 75.1 cm³/mol. The van der Waals surface area contributed by atoms with E-state index in [1.807, 2.05) is 0 Å². The Morgan fingerprint density at radius 2 is 1.61 bits per heavy atom. The van der Waals surface area contributed by atoms with Crippen LogP contribution in [0.15, 0.2) is 42.1 Å². The topological polar surface area (TPSA) is 98.8 Å². The third-order valence-electron chi connectivity index (χ3n) is 3.91. The number of benzene rings is 1. The van der Waals surface area contributed by atoms with Gasteiger partial charge in [-0.2, -0.15) is 0 Å². The quantitative estimate of drug-likeness (QED) is 0.646. The molecule has 0 aromatic heterocycles. The summed E-state index contributed by atoms with van der Waals surface area (Å²) in [6.45, 7) is 0. The Hall–Kier alpha value is -3.22. The number of hydrogen-bond donors (Lipinski definition) is 1. The number of anilines is 1. The second kappa shape index (κ2) is 4.64. The Balaban J connectivity index is 1.60. The summed E-state index contributed by atoms with van der Waals surface area (Å²) in [5.41, 5.74) is 1.56. The third kappa shape index (κ3) is 2.05. The van der Waals surface area contributed by atoms with Gasteiger partial charge in [-0.15, -0.1) is 0 Å².